The van der Waals surface area contributed by atoms with E-state index in [0.29, 0.717) is 38.4 Å². The van der Waals surface area contributed by atoms with Crippen LogP contribution in [0.1, 0.15) is 45.6 Å². The maximum absolute atomic E-state index is 13.1. The minimum absolute atomic E-state index is 0.146. The first-order valence-corrected chi connectivity index (χ1v) is 12.5. The number of nitrogens with one attached hydrogen (secondary N) is 1. The van der Waals surface area contributed by atoms with E-state index in [2.05, 4.69) is 36.5 Å². The van der Waals surface area contributed by atoms with Crippen molar-refractivity contribution in [1.29, 1.82) is 0 Å². The highest BCUT2D eigenvalue weighted by Gasteiger charge is 2.24. The smallest absolute Gasteiger partial charge is 0.273 e. The number of hydrogen-bond donors (Lipinski definition) is 1. The van der Waals surface area contributed by atoms with Gasteiger partial charge in [-0.1, -0.05) is 54.1 Å². The normalized spacial score (nSPS) is 15.3. The van der Waals surface area contributed by atoms with Crippen molar-refractivity contribution in [1.82, 2.24) is 4.90 Å². The van der Waals surface area contributed by atoms with Crippen molar-refractivity contribution < 1.29 is 14.3 Å². The zero-order valence-electron chi connectivity index (χ0n) is 21.3. The van der Waals surface area contributed by atoms with Gasteiger partial charge in [0, 0.05) is 42.6 Å². The number of carbonyl (C=O) groups excluding carboxylic acids is 2. The van der Waals surface area contributed by atoms with Gasteiger partial charge in [0.2, 0.25) is 5.91 Å². The average Bonchev–Trinajstić information content (AvgIpc) is 2.88. The molecule has 0 radical (unpaired) electrons. The van der Waals surface area contributed by atoms with Crippen molar-refractivity contribution in [2.75, 3.05) is 31.6 Å². The van der Waals surface area contributed by atoms with Gasteiger partial charge in [-0.3, -0.25) is 14.6 Å². The van der Waals surface area contributed by atoms with Crippen LogP contribution in [0.5, 0.6) is 0 Å². The molecule has 1 saturated heterocycles. The number of ether oxygens (including phenoxy) is 1. The Balaban J connectivity index is 1.63. The topological polar surface area (TPSA) is 71.0 Å². The summed E-state index contributed by atoms with van der Waals surface area (Å²) in [6, 6.07) is 16.1. The first-order chi connectivity index (χ1) is 16.9. The molecule has 1 heterocycles. The summed E-state index contributed by atoms with van der Waals surface area (Å²) in [7, 11) is 0. The van der Waals surface area contributed by atoms with E-state index in [0.717, 1.165) is 35.4 Å². The highest BCUT2D eigenvalue weighted by atomic mass is 16.5. The Morgan fingerprint density at radius 2 is 1.80 bits per heavy atom. The number of amides is 2. The lowest BCUT2D eigenvalue weighted by Crippen LogP contribution is -2.40. The second-order valence-corrected chi connectivity index (χ2v) is 8.89. The molecule has 0 aromatic heterocycles. The van der Waals surface area contributed by atoms with Crippen LogP contribution in [-0.4, -0.2) is 48.7 Å². The number of allylic oxidation sites excluding steroid dienone is 1. The third-order valence-corrected chi connectivity index (χ3v) is 6.44. The van der Waals surface area contributed by atoms with Crippen molar-refractivity contribution in [3.63, 3.8) is 0 Å². The Bertz CT molecular complexity index is 1060. The molecule has 2 aromatic rings. The lowest BCUT2D eigenvalue weighted by atomic mass is 9.92. The summed E-state index contributed by atoms with van der Waals surface area (Å²) in [5.41, 5.74) is 5.30. The first-order valence-electron chi connectivity index (χ1n) is 12.5. The van der Waals surface area contributed by atoms with Crippen LogP contribution in [-0.2, 0) is 14.3 Å². The Kier molecular flexibility index (Phi) is 9.79. The van der Waals surface area contributed by atoms with E-state index in [-0.39, 0.29) is 17.7 Å². The zero-order valence-corrected chi connectivity index (χ0v) is 21.3. The van der Waals surface area contributed by atoms with Crippen molar-refractivity contribution in [2.24, 2.45) is 10.9 Å². The van der Waals surface area contributed by atoms with Crippen molar-refractivity contribution >= 4 is 23.2 Å². The van der Waals surface area contributed by atoms with E-state index in [4.69, 9.17) is 9.73 Å². The molecule has 3 rings (SSSR count). The zero-order chi connectivity index (χ0) is 25.2. The molecule has 1 N–H and O–H groups in total. The highest BCUT2D eigenvalue weighted by molar-refractivity contribution is 6.07. The summed E-state index contributed by atoms with van der Waals surface area (Å²) < 4.78 is 5.30. The summed E-state index contributed by atoms with van der Waals surface area (Å²) in [4.78, 5) is 32.1. The predicted molar refractivity (Wildman–Crippen MR) is 143 cm³/mol. The maximum Gasteiger partial charge on any atom is 0.273 e. The Labute approximate surface area is 209 Å². The molecule has 0 bridgehead atoms. The number of aryl methyl sites for hydroxylation is 1. The number of hydrogen-bond acceptors (Lipinski definition) is 4. The van der Waals surface area contributed by atoms with Gasteiger partial charge >= 0.3 is 0 Å². The van der Waals surface area contributed by atoms with Gasteiger partial charge in [-0.15, -0.1) is 0 Å². The van der Waals surface area contributed by atoms with Gasteiger partial charge in [-0.25, -0.2) is 0 Å². The number of carbonyl (C=O) groups is 2. The fourth-order valence-corrected chi connectivity index (χ4v) is 4.30. The van der Waals surface area contributed by atoms with E-state index in [1.54, 1.807) is 6.08 Å². The molecule has 1 aliphatic rings. The van der Waals surface area contributed by atoms with Crippen molar-refractivity contribution in [3.8, 4) is 11.1 Å². The molecule has 0 unspecified atom stereocenters. The SMILES string of the molecule is C/C=C(\N=C(C)C1CCN(C(=O)CCOCC)CC1)C(=O)Nc1ccccc1-c1ccc(C)cc1. The van der Waals surface area contributed by atoms with Gasteiger partial charge < -0.3 is 15.0 Å². The fraction of sp³-hybridized carbons (Fsp3) is 0.414. The maximum atomic E-state index is 13.1. The molecule has 35 heavy (non-hydrogen) atoms. The summed E-state index contributed by atoms with van der Waals surface area (Å²) in [6.45, 7) is 10.3. The van der Waals surface area contributed by atoms with Crippen LogP contribution in [0, 0.1) is 12.8 Å². The van der Waals surface area contributed by atoms with E-state index >= 15 is 0 Å². The molecule has 0 spiro atoms. The van der Waals surface area contributed by atoms with Gasteiger partial charge in [-0.2, -0.15) is 0 Å². The van der Waals surface area contributed by atoms with Crippen LogP contribution < -0.4 is 5.32 Å². The molecule has 2 aromatic carbocycles. The minimum Gasteiger partial charge on any atom is -0.381 e. The quantitative estimate of drug-likeness (QED) is 0.290. The third-order valence-electron chi connectivity index (χ3n) is 6.44. The second-order valence-electron chi connectivity index (χ2n) is 8.89. The molecule has 6 heteroatoms. The van der Waals surface area contributed by atoms with Gasteiger partial charge in [0.25, 0.3) is 5.91 Å². The number of piperidine rings is 1. The van der Waals surface area contributed by atoms with Gasteiger partial charge in [0.15, 0.2) is 0 Å². The lowest BCUT2D eigenvalue weighted by molar-refractivity contribution is -0.133. The summed E-state index contributed by atoms with van der Waals surface area (Å²) in [5.74, 6) is 0.177. The monoisotopic (exact) mass is 475 g/mol. The third kappa shape index (κ3) is 7.36. The Hall–Kier alpha value is -3.25. The standard InChI is InChI=1S/C29H37N3O3/c1-5-26(30-22(4)23-15-18-32(19-16-23)28(33)17-20-35-6-2)29(34)31-27-10-8-7-9-25(27)24-13-11-21(3)12-14-24/h5,7-14,23H,6,15-20H2,1-4H3,(H,31,34)/b26-5-,30-22?. The molecule has 0 saturated carbocycles. The number of nitrogens with zero attached hydrogens (tertiary/aromatic N) is 2. The average molecular weight is 476 g/mol. The molecule has 1 fully saturated rings. The first kappa shape index (κ1) is 26.4. The molecular formula is C29H37N3O3. The highest BCUT2D eigenvalue weighted by Crippen LogP contribution is 2.28. The molecule has 0 atom stereocenters. The van der Waals surface area contributed by atoms with Crippen LogP contribution in [0.25, 0.3) is 11.1 Å². The van der Waals surface area contributed by atoms with E-state index in [1.165, 1.54) is 5.56 Å². The van der Waals surface area contributed by atoms with Crippen LogP contribution in [0.2, 0.25) is 0 Å². The van der Waals surface area contributed by atoms with Crippen LogP contribution in [0.4, 0.5) is 5.69 Å². The number of para-hydroxylation sites is 1. The number of benzene rings is 2. The Morgan fingerprint density at radius 3 is 2.46 bits per heavy atom. The molecule has 2 amide bonds. The van der Waals surface area contributed by atoms with Crippen LogP contribution >= 0.6 is 0 Å². The summed E-state index contributed by atoms with van der Waals surface area (Å²) in [5, 5.41) is 3.05. The number of anilines is 1. The Morgan fingerprint density at radius 1 is 1.11 bits per heavy atom. The van der Waals surface area contributed by atoms with E-state index in [9.17, 15) is 9.59 Å². The van der Waals surface area contributed by atoms with Gasteiger partial charge in [0.05, 0.1) is 13.0 Å². The van der Waals surface area contributed by atoms with Gasteiger partial charge in [0.1, 0.15) is 5.70 Å². The molecule has 186 valence electrons. The van der Waals surface area contributed by atoms with E-state index in [1.807, 2.05) is 49.9 Å². The van der Waals surface area contributed by atoms with Crippen molar-refractivity contribution in [3.05, 3.63) is 65.9 Å². The minimum atomic E-state index is -0.227. The lowest BCUT2D eigenvalue weighted by Gasteiger charge is -2.32. The van der Waals surface area contributed by atoms with Gasteiger partial charge in [-0.05, 0) is 52.2 Å². The number of aliphatic imine (C=N–C) groups is 1. The fourth-order valence-electron chi connectivity index (χ4n) is 4.30. The second kappa shape index (κ2) is 13.0. The molecule has 6 nitrogen and oxygen atoms in total. The van der Waals surface area contributed by atoms with Crippen LogP contribution in [0.3, 0.4) is 0 Å². The summed E-state index contributed by atoms with van der Waals surface area (Å²) in [6.07, 6.45) is 3.88. The largest absolute Gasteiger partial charge is 0.381 e. The van der Waals surface area contributed by atoms with Crippen molar-refractivity contribution in [2.45, 2.75) is 47.0 Å². The van der Waals surface area contributed by atoms with Crippen LogP contribution in [0.15, 0.2) is 65.3 Å². The molecular weight excluding hydrogens is 438 g/mol. The number of likely N-dealkylation sites (tertiary alicyclic amines) is 1. The van der Waals surface area contributed by atoms with E-state index < -0.39 is 0 Å². The molecule has 1 aliphatic heterocycles. The molecule has 0 aliphatic carbocycles. The number of rotatable bonds is 9. The predicted octanol–water partition coefficient (Wildman–Crippen LogP) is 5.63. The summed E-state index contributed by atoms with van der Waals surface area (Å²) >= 11 is 0.